The number of nitrogens with zero attached hydrogens (tertiary/aromatic N) is 1. The molecule has 4 atom stereocenters. The van der Waals surface area contributed by atoms with Crippen molar-refractivity contribution in [3.63, 3.8) is 0 Å². The lowest BCUT2D eigenvalue weighted by Gasteiger charge is -2.48. The van der Waals surface area contributed by atoms with Crippen molar-refractivity contribution in [1.82, 2.24) is 5.32 Å². The van der Waals surface area contributed by atoms with E-state index in [0.29, 0.717) is 5.17 Å². The second kappa shape index (κ2) is 7.59. The number of ether oxygens (including phenoxy) is 2. The van der Waals surface area contributed by atoms with Crippen molar-refractivity contribution >= 4 is 44.7 Å². The molecule has 1 aliphatic carbocycles. The highest BCUT2D eigenvalue weighted by Crippen LogP contribution is 2.54. The van der Waals surface area contributed by atoms with Gasteiger partial charge in [-0.3, -0.25) is 9.59 Å². The third-order valence-electron chi connectivity index (χ3n) is 5.61. The van der Waals surface area contributed by atoms with Gasteiger partial charge in [0.05, 0.1) is 0 Å². The average molecular weight is 468 g/mol. The zero-order chi connectivity index (χ0) is 19.9. The Morgan fingerprint density at radius 3 is 3.00 bits per heavy atom. The molecule has 150 valence electrons. The summed E-state index contributed by atoms with van der Waals surface area (Å²) in [7, 11) is 0. The van der Waals surface area contributed by atoms with Crippen LogP contribution in [0.2, 0.25) is 0 Å². The molecule has 0 saturated heterocycles. The molecule has 1 aromatic rings. The SMILES string of the molecule is CC(=O)OCC(=O)NC1CCC2Oc3ccc(Br)cc3C3(CSC(N)=N3)C2C1. The van der Waals surface area contributed by atoms with E-state index < -0.39 is 11.5 Å². The van der Waals surface area contributed by atoms with Gasteiger partial charge in [-0.2, -0.15) is 0 Å². The maximum atomic E-state index is 12.1. The molecule has 9 heteroatoms. The number of carbonyl (C=O) groups is 2. The Labute approximate surface area is 175 Å². The topological polar surface area (TPSA) is 103 Å². The third kappa shape index (κ3) is 3.61. The Kier molecular flexibility index (Phi) is 5.30. The predicted molar refractivity (Wildman–Crippen MR) is 110 cm³/mol. The average Bonchev–Trinajstić information content (AvgIpc) is 3.04. The maximum absolute atomic E-state index is 12.1. The first-order valence-electron chi connectivity index (χ1n) is 9.25. The number of halogens is 1. The summed E-state index contributed by atoms with van der Waals surface area (Å²) >= 11 is 5.12. The van der Waals surface area contributed by atoms with Gasteiger partial charge in [0, 0.05) is 34.7 Å². The van der Waals surface area contributed by atoms with Crippen molar-refractivity contribution in [2.75, 3.05) is 12.4 Å². The molecule has 0 aromatic heterocycles. The Hall–Kier alpha value is -1.74. The number of carbonyl (C=O) groups excluding carboxylic acids is 2. The summed E-state index contributed by atoms with van der Waals surface area (Å²) in [5.74, 6) is 0.988. The number of thioether (sulfide) groups is 1. The van der Waals surface area contributed by atoms with E-state index in [2.05, 4.69) is 27.3 Å². The Morgan fingerprint density at radius 2 is 2.29 bits per heavy atom. The Bertz CT molecular complexity index is 848. The summed E-state index contributed by atoms with van der Waals surface area (Å²) in [5, 5.41) is 3.58. The van der Waals surface area contributed by atoms with Crippen LogP contribution >= 0.6 is 27.7 Å². The Morgan fingerprint density at radius 1 is 1.46 bits per heavy atom. The lowest BCUT2D eigenvalue weighted by atomic mass is 9.67. The van der Waals surface area contributed by atoms with Crippen molar-refractivity contribution in [2.24, 2.45) is 16.6 Å². The van der Waals surface area contributed by atoms with Crippen LogP contribution in [0.5, 0.6) is 5.75 Å². The second-order valence-corrected chi connectivity index (χ2v) is 9.34. The molecule has 3 aliphatic rings. The first kappa shape index (κ1) is 19.6. The molecule has 1 saturated carbocycles. The van der Waals surface area contributed by atoms with Crippen LogP contribution in [0.1, 0.15) is 31.7 Å². The summed E-state index contributed by atoms with van der Waals surface area (Å²) < 4.78 is 12.1. The zero-order valence-electron chi connectivity index (χ0n) is 15.4. The number of amidine groups is 1. The number of hydrogen-bond donors (Lipinski definition) is 2. The van der Waals surface area contributed by atoms with E-state index >= 15 is 0 Å². The van der Waals surface area contributed by atoms with E-state index in [0.717, 1.165) is 40.8 Å². The van der Waals surface area contributed by atoms with Crippen molar-refractivity contribution in [1.29, 1.82) is 0 Å². The number of amides is 1. The van der Waals surface area contributed by atoms with Crippen LogP contribution in [-0.4, -0.2) is 41.5 Å². The molecule has 0 radical (unpaired) electrons. The highest BCUT2D eigenvalue weighted by atomic mass is 79.9. The van der Waals surface area contributed by atoms with Gasteiger partial charge in [0.2, 0.25) is 0 Å². The van der Waals surface area contributed by atoms with Gasteiger partial charge >= 0.3 is 5.97 Å². The number of nitrogens with two attached hydrogens (primary N) is 1. The zero-order valence-corrected chi connectivity index (χ0v) is 17.8. The molecule has 1 spiro atoms. The molecular weight excluding hydrogens is 446 g/mol. The number of hydrogen-bond acceptors (Lipinski definition) is 7. The maximum Gasteiger partial charge on any atom is 0.303 e. The fourth-order valence-corrected chi connectivity index (χ4v) is 5.82. The summed E-state index contributed by atoms with van der Waals surface area (Å²) in [6, 6.07) is 6.01. The minimum absolute atomic E-state index is 0.0134. The first-order chi connectivity index (χ1) is 13.4. The molecule has 28 heavy (non-hydrogen) atoms. The van der Waals surface area contributed by atoms with Gasteiger partial charge in [-0.1, -0.05) is 27.7 Å². The van der Waals surface area contributed by atoms with Crippen molar-refractivity contribution in [3.05, 3.63) is 28.2 Å². The molecule has 1 aromatic carbocycles. The molecule has 4 unspecified atom stereocenters. The van der Waals surface area contributed by atoms with Gasteiger partial charge in [0.15, 0.2) is 11.8 Å². The van der Waals surface area contributed by atoms with Crippen LogP contribution in [0.3, 0.4) is 0 Å². The number of nitrogens with one attached hydrogen (secondary N) is 1. The number of benzene rings is 1. The van der Waals surface area contributed by atoms with Gasteiger partial charge < -0.3 is 20.5 Å². The normalized spacial score (nSPS) is 30.6. The molecule has 2 aliphatic heterocycles. The summed E-state index contributed by atoms with van der Waals surface area (Å²) in [6.07, 6.45) is 2.40. The van der Waals surface area contributed by atoms with Crippen molar-refractivity contribution < 1.29 is 19.1 Å². The van der Waals surface area contributed by atoms with Crippen LogP contribution in [0.15, 0.2) is 27.7 Å². The summed E-state index contributed by atoms with van der Waals surface area (Å²) in [6.45, 7) is 1.04. The van der Waals surface area contributed by atoms with E-state index in [4.69, 9.17) is 20.2 Å². The highest BCUT2D eigenvalue weighted by molar-refractivity contribution is 9.10. The van der Waals surface area contributed by atoms with E-state index in [1.54, 1.807) is 11.8 Å². The highest BCUT2D eigenvalue weighted by Gasteiger charge is 2.54. The molecule has 4 rings (SSSR count). The minimum Gasteiger partial charge on any atom is -0.490 e. The molecular formula is C19H22BrN3O4S. The van der Waals surface area contributed by atoms with Crippen molar-refractivity contribution in [3.8, 4) is 5.75 Å². The molecule has 2 heterocycles. The third-order valence-corrected chi connectivity index (χ3v) is 7.07. The fraction of sp³-hybridized carbons (Fsp3) is 0.526. The van der Waals surface area contributed by atoms with E-state index in [9.17, 15) is 9.59 Å². The quantitative estimate of drug-likeness (QED) is 0.661. The van der Waals surface area contributed by atoms with Crippen LogP contribution < -0.4 is 15.8 Å². The summed E-state index contributed by atoms with van der Waals surface area (Å²) in [4.78, 5) is 27.9. The monoisotopic (exact) mass is 467 g/mol. The number of aliphatic imine (C=N–C) groups is 1. The molecule has 7 nitrogen and oxygen atoms in total. The van der Waals surface area contributed by atoms with Crippen LogP contribution in [-0.2, 0) is 19.9 Å². The van der Waals surface area contributed by atoms with E-state index in [-0.39, 0.29) is 30.6 Å². The van der Waals surface area contributed by atoms with Gasteiger partial charge in [0.25, 0.3) is 5.91 Å². The molecule has 3 N–H and O–H groups in total. The van der Waals surface area contributed by atoms with E-state index in [1.807, 2.05) is 12.1 Å². The molecule has 0 bridgehead atoms. The number of fused-ring (bicyclic) bond motifs is 4. The smallest absolute Gasteiger partial charge is 0.303 e. The lowest BCUT2D eigenvalue weighted by Crippen LogP contribution is -2.54. The molecule has 1 fully saturated rings. The van der Waals surface area contributed by atoms with Gasteiger partial charge in [0.1, 0.15) is 17.4 Å². The number of esters is 1. The number of rotatable bonds is 3. The predicted octanol–water partition coefficient (Wildman–Crippen LogP) is 2.31. The van der Waals surface area contributed by atoms with Gasteiger partial charge in [-0.25, -0.2) is 4.99 Å². The second-order valence-electron chi connectivity index (χ2n) is 7.42. The van der Waals surface area contributed by atoms with Crippen molar-refractivity contribution in [2.45, 2.75) is 43.9 Å². The Balaban J connectivity index is 1.59. The largest absolute Gasteiger partial charge is 0.490 e. The lowest BCUT2D eigenvalue weighted by molar-refractivity contribution is -0.146. The van der Waals surface area contributed by atoms with Crippen LogP contribution in [0.25, 0.3) is 0 Å². The first-order valence-corrected chi connectivity index (χ1v) is 11.0. The van der Waals surface area contributed by atoms with Gasteiger partial charge in [-0.15, -0.1) is 0 Å². The van der Waals surface area contributed by atoms with Crippen LogP contribution in [0.4, 0.5) is 0 Å². The summed E-state index contributed by atoms with van der Waals surface area (Å²) in [5.41, 5.74) is 6.68. The minimum atomic E-state index is -0.464. The fourth-order valence-electron chi connectivity index (χ4n) is 4.43. The van der Waals surface area contributed by atoms with Crippen LogP contribution in [0, 0.1) is 5.92 Å². The standard InChI is InChI=1S/C19H22BrN3O4S/c1-10(24)26-8-17(25)22-12-3-5-16-14(7-12)19(9-28-18(21)23-19)13-6-11(20)2-4-15(13)27-16/h2,4,6,12,14,16H,3,5,7-9H2,1H3,(H2,21,23)(H,22,25). The molecule has 1 amide bonds. The van der Waals surface area contributed by atoms with E-state index in [1.165, 1.54) is 6.92 Å². The van der Waals surface area contributed by atoms with Gasteiger partial charge in [-0.05, 0) is 37.5 Å².